The van der Waals surface area contributed by atoms with Crippen LogP contribution in [0.15, 0.2) is 154 Å². The minimum absolute atomic E-state index is 0.867. The van der Waals surface area contributed by atoms with E-state index in [1.165, 1.54) is 10.8 Å². The second-order valence-electron chi connectivity index (χ2n) is 11.4. The van der Waals surface area contributed by atoms with Crippen molar-refractivity contribution >= 4 is 65.9 Å². The SMILES string of the molecule is c1ccc(-n2c3ccc(-c4ccc5c(c4)c4c6ccccc6oc4n5-c4ccccc4)cc3c3c4ccccc4oc32)cc1. The zero-order chi connectivity index (χ0) is 28.8. The number of hydrogen-bond acceptors (Lipinski definition) is 2. The van der Waals surface area contributed by atoms with Crippen molar-refractivity contribution in [2.24, 2.45) is 0 Å². The van der Waals surface area contributed by atoms with Crippen LogP contribution in [0.1, 0.15) is 0 Å². The van der Waals surface area contributed by atoms with E-state index in [0.29, 0.717) is 0 Å². The summed E-state index contributed by atoms with van der Waals surface area (Å²) in [6.45, 7) is 0. The Kier molecular flexibility index (Phi) is 4.69. The van der Waals surface area contributed by atoms with Crippen LogP contribution in [-0.2, 0) is 0 Å². The quantitative estimate of drug-likeness (QED) is 0.214. The molecule has 0 atom stereocenters. The van der Waals surface area contributed by atoms with Gasteiger partial charge in [0.25, 0.3) is 0 Å². The zero-order valence-electron chi connectivity index (χ0n) is 23.6. The zero-order valence-corrected chi connectivity index (χ0v) is 23.6. The molecule has 0 unspecified atom stereocenters. The Morgan fingerprint density at radius 1 is 0.364 bits per heavy atom. The predicted octanol–water partition coefficient (Wildman–Crippen LogP) is 11.0. The summed E-state index contributed by atoms with van der Waals surface area (Å²) in [5, 5.41) is 6.88. The van der Waals surface area contributed by atoms with E-state index in [1.54, 1.807) is 0 Å². The first kappa shape index (κ1) is 23.6. The first-order valence-electron chi connectivity index (χ1n) is 14.9. The van der Waals surface area contributed by atoms with Crippen molar-refractivity contribution in [3.05, 3.63) is 146 Å². The standard InChI is InChI=1S/C40H24N2O2/c1-3-11-27(12-4-1)41-33-21-19-25(23-31(33)37-29-15-7-9-17-35(29)43-39(37)41)26-20-22-34-32(24-26)38-30-16-8-10-18-36(30)44-40(38)42(34)28-13-5-2-6-14-28/h1-24H. The summed E-state index contributed by atoms with van der Waals surface area (Å²) in [4.78, 5) is 0. The predicted molar refractivity (Wildman–Crippen MR) is 180 cm³/mol. The number of fused-ring (bicyclic) bond motifs is 10. The molecule has 0 fully saturated rings. The van der Waals surface area contributed by atoms with Gasteiger partial charge in [0.2, 0.25) is 11.4 Å². The Bertz CT molecular complexity index is 2510. The van der Waals surface area contributed by atoms with Gasteiger partial charge in [0.1, 0.15) is 11.2 Å². The summed E-state index contributed by atoms with van der Waals surface area (Å²) in [5.74, 6) is 0. The molecule has 0 radical (unpaired) electrons. The molecule has 0 spiro atoms. The highest BCUT2D eigenvalue weighted by Gasteiger charge is 2.22. The molecule has 0 bridgehead atoms. The lowest BCUT2D eigenvalue weighted by molar-refractivity contribution is 0.645. The molecule has 0 amide bonds. The van der Waals surface area contributed by atoms with Crippen molar-refractivity contribution in [1.29, 1.82) is 0 Å². The number of para-hydroxylation sites is 4. The summed E-state index contributed by atoms with van der Waals surface area (Å²) >= 11 is 0. The maximum Gasteiger partial charge on any atom is 0.213 e. The Morgan fingerprint density at radius 2 is 0.773 bits per heavy atom. The fourth-order valence-electron chi connectivity index (χ4n) is 7.01. The highest BCUT2D eigenvalue weighted by atomic mass is 16.3. The van der Waals surface area contributed by atoms with Gasteiger partial charge < -0.3 is 8.83 Å². The number of benzene rings is 6. The molecule has 4 nitrogen and oxygen atoms in total. The van der Waals surface area contributed by atoms with Gasteiger partial charge in [0.05, 0.1) is 21.8 Å². The minimum Gasteiger partial charge on any atom is -0.439 e. The summed E-state index contributed by atoms with van der Waals surface area (Å²) in [7, 11) is 0. The molecule has 10 rings (SSSR count). The van der Waals surface area contributed by atoms with Crippen molar-refractivity contribution in [2.75, 3.05) is 0 Å². The van der Waals surface area contributed by atoms with Crippen LogP contribution in [0.2, 0.25) is 0 Å². The molecule has 0 aliphatic carbocycles. The van der Waals surface area contributed by atoms with E-state index in [9.17, 15) is 0 Å². The molecule has 0 saturated carbocycles. The van der Waals surface area contributed by atoms with Crippen LogP contribution in [0.3, 0.4) is 0 Å². The van der Waals surface area contributed by atoms with Crippen molar-refractivity contribution in [2.45, 2.75) is 0 Å². The third kappa shape index (κ3) is 3.17. The Morgan fingerprint density at radius 3 is 1.23 bits per heavy atom. The van der Waals surface area contributed by atoms with E-state index in [0.717, 1.165) is 77.7 Å². The molecule has 0 N–H and O–H groups in total. The second kappa shape index (κ2) is 8.76. The number of furan rings is 2. The summed E-state index contributed by atoms with van der Waals surface area (Å²) in [5.41, 5.74) is 10.3. The lowest BCUT2D eigenvalue weighted by Crippen LogP contribution is -1.93. The van der Waals surface area contributed by atoms with E-state index in [2.05, 4.69) is 118 Å². The number of aromatic nitrogens is 2. The van der Waals surface area contributed by atoms with Crippen LogP contribution in [0.25, 0.3) is 88.4 Å². The molecule has 4 aromatic heterocycles. The maximum atomic E-state index is 6.50. The molecule has 6 aromatic carbocycles. The Hall–Kier alpha value is -6.00. The van der Waals surface area contributed by atoms with E-state index < -0.39 is 0 Å². The smallest absolute Gasteiger partial charge is 0.213 e. The number of rotatable bonds is 3. The van der Waals surface area contributed by atoms with Crippen LogP contribution in [-0.4, -0.2) is 9.13 Å². The second-order valence-corrected chi connectivity index (χ2v) is 11.4. The van der Waals surface area contributed by atoms with Gasteiger partial charge in [-0.05, 0) is 71.8 Å². The molecule has 0 aliphatic rings. The topological polar surface area (TPSA) is 36.1 Å². The third-order valence-corrected chi connectivity index (χ3v) is 8.94. The lowest BCUT2D eigenvalue weighted by atomic mass is 10.00. The minimum atomic E-state index is 0.867. The van der Waals surface area contributed by atoms with Crippen LogP contribution in [0.5, 0.6) is 0 Å². The van der Waals surface area contributed by atoms with Crippen molar-refractivity contribution in [1.82, 2.24) is 9.13 Å². The van der Waals surface area contributed by atoms with Gasteiger partial charge in [-0.15, -0.1) is 0 Å². The van der Waals surface area contributed by atoms with Gasteiger partial charge in [-0.3, -0.25) is 9.13 Å². The van der Waals surface area contributed by atoms with Gasteiger partial charge in [0, 0.05) is 32.9 Å². The first-order chi connectivity index (χ1) is 21.8. The van der Waals surface area contributed by atoms with E-state index in [4.69, 9.17) is 8.83 Å². The number of hydrogen-bond donors (Lipinski definition) is 0. The normalized spacial score (nSPS) is 12.1. The summed E-state index contributed by atoms with van der Waals surface area (Å²) < 4.78 is 17.5. The van der Waals surface area contributed by atoms with E-state index >= 15 is 0 Å². The highest BCUT2D eigenvalue weighted by Crippen LogP contribution is 2.43. The molecule has 0 aliphatic heterocycles. The molecule has 44 heavy (non-hydrogen) atoms. The molecule has 206 valence electrons. The molecular formula is C40H24N2O2. The monoisotopic (exact) mass is 564 g/mol. The fraction of sp³-hybridized carbons (Fsp3) is 0. The first-order valence-corrected chi connectivity index (χ1v) is 14.9. The molecular weight excluding hydrogens is 540 g/mol. The van der Waals surface area contributed by atoms with Crippen LogP contribution in [0, 0.1) is 0 Å². The Labute approximate surface area is 251 Å². The van der Waals surface area contributed by atoms with Crippen LogP contribution < -0.4 is 0 Å². The van der Waals surface area contributed by atoms with Gasteiger partial charge in [-0.25, -0.2) is 0 Å². The van der Waals surface area contributed by atoms with Crippen LogP contribution >= 0.6 is 0 Å². The highest BCUT2D eigenvalue weighted by molar-refractivity contribution is 6.22. The van der Waals surface area contributed by atoms with E-state index in [1.807, 2.05) is 36.4 Å². The Balaban J connectivity index is 1.26. The van der Waals surface area contributed by atoms with Gasteiger partial charge in [-0.1, -0.05) is 84.9 Å². The molecule has 4 heterocycles. The maximum absolute atomic E-state index is 6.50. The van der Waals surface area contributed by atoms with Crippen molar-refractivity contribution < 1.29 is 8.83 Å². The molecule has 0 saturated heterocycles. The summed E-state index contributed by atoms with van der Waals surface area (Å²) in [6, 6.07) is 51.1. The van der Waals surface area contributed by atoms with Crippen LogP contribution in [0.4, 0.5) is 0 Å². The fourth-order valence-corrected chi connectivity index (χ4v) is 7.01. The average Bonchev–Trinajstić information content (AvgIpc) is 3.81. The van der Waals surface area contributed by atoms with Crippen molar-refractivity contribution in [3.8, 4) is 22.5 Å². The lowest BCUT2D eigenvalue weighted by Gasteiger charge is -2.09. The number of nitrogens with zero attached hydrogens (tertiary/aromatic N) is 2. The molecule has 10 aromatic rings. The molecule has 4 heteroatoms. The van der Waals surface area contributed by atoms with E-state index in [-0.39, 0.29) is 0 Å². The van der Waals surface area contributed by atoms with Gasteiger partial charge >= 0.3 is 0 Å². The average molecular weight is 565 g/mol. The largest absolute Gasteiger partial charge is 0.439 e. The third-order valence-electron chi connectivity index (χ3n) is 8.94. The summed E-state index contributed by atoms with van der Waals surface area (Å²) in [6.07, 6.45) is 0. The van der Waals surface area contributed by atoms with Gasteiger partial charge in [-0.2, -0.15) is 0 Å². The van der Waals surface area contributed by atoms with Crippen molar-refractivity contribution in [3.63, 3.8) is 0 Å². The van der Waals surface area contributed by atoms with Gasteiger partial charge in [0.15, 0.2) is 0 Å².